The molecule has 0 aromatic heterocycles. The lowest BCUT2D eigenvalue weighted by molar-refractivity contribution is -0.384. The number of hydrogen-bond donors (Lipinski definition) is 3. The van der Waals surface area contributed by atoms with Crippen molar-refractivity contribution in [2.24, 2.45) is 5.10 Å². The molecule has 1 fully saturated rings. The Labute approximate surface area is 200 Å². The van der Waals surface area contributed by atoms with Crippen molar-refractivity contribution in [3.8, 4) is 5.75 Å². The van der Waals surface area contributed by atoms with Gasteiger partial charge in [-0.05, 0) is 18.6 Å². The summed E-state index contributed by atoms with van der Waals surface area (Å²) in [5.74, 6) is 0.373. The molecule has 1 saturated heterocycles. The minimum atomic E-state index is -0.524. The quantitative estimate of drug-likeness (QED) is 0.256. The number of para-hydroxylation sites is 1. The predicted octanol–water partition coefficient (Wildman–Crippen LogP) is 3.89. The summed E-state index contributed by atoms with van der Waals surface area (Å²) in [7, 11) is 0. The fourth-order valence-corrected chi connectivity index (χ4v) is 3.76. The second kappa shape index (κ2) is 10.9. The van der Waals surface area contributed by atoms with Crippen LogP contribution in [0.5, 0.6) is 5.75 Å². The minimum Gasteiger partial charge on any atom is -0.489 e. The van der Waals surface area contributed by atoms with E-state index < -0.39 is 11.0 Å². The number of amides is 1. The summed E-state index contributed by atoms with van der Waals surface area (Å²) in [4.78, 5) is 22.9. The molecule has 1 aliphatic heterocycles. The molecule has 2 unspecified atom stereocenters. The fourth-order valence-electron chi connectivity index (χ4n) is 3.57. The molecule has 0 radical (unpaired) electrons. The number of carbonyl (C=O) groups excluding carboxylic acids is 1. The van der Waals surface area contributed by atoms with Crippen molar-refractivity contribution in [3.05, 3.63) is 105 Å². The fraction of sp³-hybridized carbons (Fsp3) is 0.167. The van der Waals surface area contributed by atoms with Crippen LogP contribution in [0.15, 0.2) is 77.9 Å². The van der Waals surface area contributed by atoms with Crippen LogP contribution in [-0.2, 0) is 11.4 Å². The highest BCUT2D eigenvalue weighted by atomic mass is 35.5. The molecular weight excluding hydrogens is 458 g/mol. The Morgan fingerprint density at radius 1 is 1.15 bits per heavy atom. The Morgan fingerprint density at radius 2 is 1.94 bits per heavy atom. The first kappa shape index (κ1) is 23.4. The van der Waals surface area contributed by atoms with E-state index in [4.69, 9.17) is 16.3 Å². The summed E-state index contributed by atoms with van der Waals surface area (Å²) in [5.41, 5.74) is 10.9. The lowest BCUT2D eigenvalue weighted by Crippen LogP contribution is -2.41. The molecule has 3 aromatic carbocycles. The van der Waals surface area contributed by atoms with Gasteiger partial charge < -0.3 is 4.74 Å². The normalized spacial score (nSPS) is 17.6. The van der Waals surface area contributed by atoms with Gasteiger partial charge in [0.15, 0.2) is 0 Å². The number of nitrogens with one attached hydrogen (secondary N) is 3. The van der Waals surface area contributed by atoms with Crippen LogP contribution in [0.2, 0.25) is 5.02 Å². The number of hydrazine groups is 1. The van der Waals surface area contributed by atoms with Gasteiger partial charge >= 0.3 is 0 Å². The number of nitro groups is 1. The highest BCUT2D eigenvalue weighted by molar-refractivity contribution is 6.31. The zero-order valence-electron chi connectivity index (χ0n) is 18.0. The Balaban J connectivity index is 1.35. The topological polar surface area (TPSA) is 118 Å². The number of ether oxygens (including phenoxy) is 1. The molecule has 0 bridgehead atoms. The molecule has 3 N–H and O–H groups in total. The summed E-state index contributed by atoms with van der Waals surface area (Å²) in [6.45, 7) is 0.327. The maximum atomic E-state index is 12.5. The highest BCUT2D eigenvalue weighted by Gasteiger charge is 2.31. The van der Waals surface area contributed by atoms with Gasteiger partial charge in [-0.15, -0.1) is 0 Å². The second-order valence-electron chi connectivity index (χ2n) is 7.63. The van der Waals surface area contributed by atoms with Crippen LogP contribution in [0, 0.1) is 10.1 Å². The first-order valence-corrected chi connectivity index (χ1v) is 10.9. The predicted molar refractivity (Wildman–Crippen MR) is 128 cm³/mol. The maximum absolute atomic E-state index is 12.5. The molecule has 0 saturated carbocycles. The molecule has 10 heteroatoms. The molecule has 1 aliphatic rings. The number of nitro benzene ring substituents is 1. The van der Waals surface area contributed by atoms with Crippen LogP contribution >= 0.6 is 11.6 Å². The van der Waals surface area contributed by atoms with E-state index in [2.05, 4.69) is 21.4 Å². The van der Waals surface area contributed by atoms with Gasteiger partial charge in [-0.2, -0.15) is 5.10 Å². The number of halogens is 1. The lowest BCUT2D eigenvalue weighted by Gasteiger charge is -2.16. The number of non-ortho nitro benzene ring substituents is 1. The van der Waals surface area contributed by atoms with Crippen LogP contribution in [0.4, 0.5) is 5.69 Å². The van der Waals surface area contributed by atoms with Gasteiger partial charge in [0.1, 0.15) is 18.4 Å². The van der Waals surface area contributed by atoms with Gasteiger partial charge in [0.25, 0.3) is 11.6 Å². The van der Waals surface area contributed by atoms with Crippen LogP contribution < -0.4 is 21.0 Å². The third-order valence-electron chi connectivity index (χ3n) is 5.32. The molecule has 0 spiro atoms. The molecule has 3 aromatic rings. The van der Waals surface area contributed by atoms with Crippen LogP contribution in [0.1, 0.15) is 29.2 Å². The Hall–Kier alpha value is -3.79. The van der Waals surface area contributed by atoms with E-state index in [9.17, 15) is 14.9 Å². The Morgan fingerprint density at radius 3 is 2.76 bits per heavy atom. The van der Waals surface area contributed by atoms with Gasteiger partial charge in [0, 0.05) is 33.8 Å². The van der Waals surface area contributed by atoms with Crippen molar-refractivity contribution in [1.82, 2.24) is 16.3 Å². The van der Waals surface area contributed by atoms with E-state index in [0.717, 1.165) is 11.1 Å². The zero-order chi connectivity index (χ0) is 23.9. The summed E-state index contributed by atoms with van der Waals surface area (Å²) in [6, 6.07) is 20.4. The van der Waals surface area contributed by atoms with Crippen molar-refractivity contribution < 1.29 is 14.5 Å². The van der Waals surface area contributed by atoms with Crippen molar-refractivity contribution in [1.29, 1.82) is 0 Å². The number of hydrazone groups is 1. The molecule has 9 nitrogen and oxygen atoms in total. The number of carbonyl (C=O) groups is 1. The third kappa shape index (κ3) is 5.76. The van der Waals surface area contributed by atoms with Gasteiger partial charge in [-0.25, -0.2) is 16.3 Å². The van der Waals surface area contributed by atoms with Gasteiger partial charge in [-0.3, -0.25) is 14.9 Å². The number of benzene rings is 3. The molecule has 34 heavy (non-hydrogen) atoms. The minimum absolute atomic E-state index is 0.0461. The average molecular weight is 480 g/mol. The standard InChI is InChI=1S/C24H22ClN5O4/c25-20-10-3-1-7-17(20)15-34-23-11-4-2-9-19(23)21-13-22(28-27-21)24(31)29-26-14-16-6-5-8-18(12-16)30(32)33/h1-12,14,21-22,27-28H,13,15H2,(H,29,31)/b26-14+. The summed E-state index contributed by atoms with van der Waals surface area (Å²) >= 11 is 6.23. The number of hydrogen-bond acceptors (Lipinski definition) is 7. The van der Waals surface area contributed by atoms with Crippen LogP contribution in [0.25, 0.3) is 0 Å². The average Bonchev–Trinajstić information content (AvgIpc) is 3.34. The molecule has 2 atom stereocenters. The van der Waals surface area contributed by atoms with Gasteiger partial charge in [0.2, 0.25) is 0 Å². The summed E-state index contributed by atoms with van der Waals surface area (Å²) in [5, 5.41) is 15.4. The molecule has 174 valence electrons. The Bertz CT molecular complexity index is 1220. The van der Waals surface area contributed by atoms with Gasteiger partial charge in [-0.1, -0.05) is 60.1 Å². The number of rotatable bonds is 8. The zero-order valence-corrected chi connectivity index (χ0v) is 18.7. The number of nitrogens with zero attached hydrogens (tertiary/aromatic N) is 2. The van der Waals surface area contributed by atoms with E-state index in [1.54, 1.807) is 12.1 Å². The first-order valence-electron chi connectivity index (χ1n) is 10.5. The van der Waals surface area contributed by atoms with Crippen molar-refractivity contribution in [3.63, 3.8) is 0 Å². The maximum Gasteiger partial charge on any atom is 0.270 e. The van der Waals surface area contributed by atoms with E-state index >= 15 is 0 Å². The van der Waals surface area contributed by atoms with Crippen LogP contribution in [-0.4, -0.2) is 23.1 Å². The van der Waals surface area contributed by atoms with Crippen molar-refractivity contribution >= 4 is 29.4 Å². The van der Waals surface area contributed by atoms with E-state index in [-0.39, 0.29) is 17.6 Å². The van der Waals surface area contributed by atoms with Crippen molar-refractivity contribution in [2.45, 2.75) is 25.1 Å². The van der Waals surface area contributed by atoms with Crippen LogP contribution in [0.3, 0.4) is 0 Å². The third-order valence-corrected chi connectivity index (χ3v) is 5.69. The summed E-state index contributed by atoms with van der Waals surface area (Å²) in [6.07, 6.45) is 1.84. The molecular formula is C24H22ClN5O4. The van der Waals surface area contributed by atoms with Gasteiger partial charge in [0.05, 0.1) is 17.2 Å². The SMILES string of the molecule is O=C(N/N=C/c1cccc([N+](=O)[O-])c1)C1CC(c2ccccc2OCc2ccccc2Cl)NN1. The van der Waals surface area contributed by atoms with Crippen molar-refractivity contribution in [2.75, 3.05) is 0 Å². The monoisotopic (exact) mass is 479 g/mol. The Kier molecular flexibility index (Phi) is 7.48. The highest BCUT2D eigenvalue weighted by Crippen LogP contribution is 2.31. The molecule has 4 rings (SSSR count). The second-order valence-corrected chi connectivity index (χ2v) is 8.04. The lowest BCUT2D eigenvalue weighted by atomic mass is 10.0. The summed E-state index contributed by atoms with van der Waals surface area (Å²) < 4.78 is 6.03. The largest absolute Gasteiger partial charge is 0.489 e. The molecule has 1 heterocycles. The first-order chi connectivity index (χ1) is 16.5. The smallest absolute Gasteiger partial charge is 0.270 e. The molecule has 0 aliphatic carbocycles. The van der Waals surface area contributed by atoms with E-state index in [1.165, 1.54) is 18.3 Å². The molecule has 1 amide bonds. The van der Waals surface area contributed by atoms with E-state index in [0.29, 0.717) is 29.4 Å². The van der Waals surface area contributed by atoms with E-state index in [1.807, 2.05) is 48.5 Å².